The normalized spacial score (nSPS) is 31.0. The van der Waals surface area contributed by atoms with Crippen molar-refractivity contribution in [1.29, 1.82) is 0 Å². The number of benzene rings is 1. The Bertz CT molecular complexity index is 1120. The molecule has 2 unspecified atom stereocenters. The Hall–Kier alpha value is -1.46. The van der Waals surface area contributed by atoms with E-state index in [4.69, 9.17) is 5.73 Å². The van der Waals surface area contributed by atoms with E-state index in [1.165, 1.54) is 13.8 Å². The van der Waals surface area contributed by atoms with Gasteiger partial charge in [0.1, 0.15) is 0 Å². The molecule has 5 rings (SSSR count). The zero-order valence-corrected chi connectivity index (χ0v) is 21.3. The minimum atomic E-state index is -4.71. The van der Waals surface area contributed by atoms with Crippen LogP contribution >= 0.6 is 15.9 Å². The number of halogens is 4. The van der Waals surface area contributed by atoms with Crippen molar-refractivity contribution in [2.45, 2.75) is 69.0 Å². The first-order chi connectivity index (χ1) is 15.5. The highest BCUT2D eigenvalue weighted by Gasteiger charge is 2.58. The molecule has 0 saturated heterocycles. The second-order valence-corrected chi connectivity index (χ2v) is 13.3. The van der Waals surface area contributed by atoms with Crippen LogP contribution in [-0.2, 0) is 25.8 Å². The molecule has 1 aromatic carbocycles. The SMILES string of the molecule is CC(C)(NS(=O)(=O)c1cc(C(F)(F)F)ccc1Br)C(=O)CC1C2CC3CC1CC(C(N)=O)(C3)C2. The van der Waals surface area contributed by atoms with E-state index in [1.807, 2.05) is 0 Å². The van der Waals surface area contributed by atoms with Crippen LogP contribution in [-0.4, -0.2) is 25.6 Å². The van der Waals surface area contributed by atoms with Gasteiger partial charge in [-0.25, -0.2) is 8.42 Å². The predicted molar refractivity (Wildman–Crippen MR) is 122 cm³/mol. The Morgan fingerprint density at radius 2 is 1.74 bits per heavy atom. The molecule has 34 heavy (non-hydrogen) atoms. The van der Waals surface area contributed by atoms with Gasteiger partial charge in [-0.05, 0) is 104 Å². The van der Waals surface area contributed by atoms with E-state index in [0.29, 0.717) is 24.8 Å². The maximum Gasteiger partial charge on any atom is 0.416 e. The molecule has 6 nitrogen and oxygen atoms in total. The summed E-state index contributed by atoms with van der Waals surface area (Å²) >= 11 is 3.01. The standard InChI is InChI=1S/C23H28BrF3N2O4S/c1-21(2,29-34(32,33)18-7-15(23(25,26)27)3-4-17(18)24)19(30)8-16-13-5-12-6-14(16)11-22(9-12,10-13)20(28)31/h3-4,7,12-14,16,29H,5-6,8-11H2,1-2H3,(H2,28,31). The van der Waals surface area contributed by atoms with Gasteiger partial charge in [0.25, 0.3) is 0 Å². The maximum atomic E-state index is 13.3. The second-order valence-electron chi connectivity index (χ2n) is 10.8. The first-order valence-corrected chi connectivity index (χ1v) is 13.6. The van der Waals surface area contributed by atoms with Gasteiger partial charge in [-0.2, -0.15) is 17.9 Å². The smallest absolute Gasteiger partial charge is 0.369 e. The molecule has 0 aromatic heterocycles. The summed E-state index contributed by atoms with van der Waals surface area (Å²) in [4.78, 5) is 24.8. The number of carbonyl (C=O) groups excluding carboxylic acids is 2. The molecule has 1 aromatic rings. The van der Waals surface area contributed by atoms with Crippen LogP contribution in [0, 0.1) is 29.1 Å². The molecule has 4 saturated carbocycles. The summed E-state index contributed by atoms with van der Waals surface area (Å²) < 4.78 is 67.6. The van der Waals surface area contributed by atoms with Crippen molar-refractivity contribution in [3.63, 3.8) is 0 Å². The third-order valence-electron chi connectivity index (χ3n) is 8.05. The monoisotopic (exact) mass is 564 g/mol. The molecule has 0 aliphatic heterocycles. The molecule has 2 atom stereocenters. The Morgan fingerprint density at radius 1 is 1.15 bits per heavy atom. The van der Waals surface area contributed by atoms with Crippen molar-refractivity contribution in [1.82, 2.24) is 4.72 Å². The number of ketones is 1. The number of sulfonamides is 1. The molecule has 0 heterocycles. The fourth-order valence-electron chi connectivity index (χ4n) is 6.57. The summed E-state index contributed by atoms with van der Waals surface area (Å²) in [7, 11) is -4.44. The summed E-state index contributed by atoms with van der Waals surface area (Å²) in [5.74, 6) is 0.253. The van der Waals surface area contributed by atoms with E-state index >= 15 is 0 Å². The van der Waals surface area contributed by atoms with Crippen molar-refractivity contribution >= 4 is 37.6 Å². The van der Waals surface area contributed by atoms with E-state index in [2.05, 4.69) is 20.7 Å². The summed E-state index contributed by atoms with van der Waals surface area (Å²) in [5, 5.41) is 0. The van der Waals surface area contributed by atoms with Crippen LogP contribution in [0.5, 0.6) is 0 Å². The van der Waals surface area contributed by atoms with Crippen LogP contribution in [0.1, 0.15) is 57.9 Å². The number of nitrogens with one attached hydrogen (secondary N) is 1. The average molecular weight is 565 g/mol. The third-order valence-corrected chi connectivity index (χ3v) is 10.7. The Labute approximate surface area is 205 Å². The first kappa shape index (κ1) is 25.6. The highest BCUT2D eigenvalue weighted by atomic mass is 79.9. The Kier molecular flexibility index (Phi) is 6.25. The predicted octanol–water partition coefficient (Wildman–Crippen LogP) is 4.41. The van der Waals surface area contributed by atoms with E-state index in [9.17, 15) is 31.2 Å². The Morgan fingerprint density at radius 3 is 2.26 bits per heavy atom. The topological polar surface area (TPSA) is 106 Å². The molecule has 4 bridgehead atoms. The fraction of sp³-hybridized carbons (Fsp3) is 0.652. The molecule has 1 amide bonds. The number of nitrogens with two attached hydrogens (primary N) is 1. The highest BCUT2D eigenvalue weighted by molar-refractivity contribution is 9.10. The lowest BCUT2D eigenvalue weighted by molar-refractivity contribution is -0.152. The van der Waals surface area contributed by atoms with Crippen LogP contribution in [0.2, 0.25) is 0 Å². The van der Waals surface area contributed by atoms with Gasteiger partial charge in [-0.3, -0.25) is 9.59 Å². The molecular formula is C23H28BrF3N2O4S. The quantitative estimate of drug-likeness (QED) is 0.511. The van der Waals surface area contributed by atoms with Gasteiger partial charge in [0.2, 0.25) is 15.9 Å². The van der Waals surface area contributed by atoms with Gasteiger partial charge >= 0.3 is 6.18 Å². The number of amides is 1. The molecule has 188 valence electrons. The largest absolute Gasteiger partial charge is 0.416 e. The van der Waals surface area contributed by atoms with Crippen molar-refractivity contribution in [2.75, 3.05) is 0 Å². The lowest BCUT2D eigenvalue weighted by Crippen LogP contribution is -2.57. The summed E-state index contributed by atoms with van der Waals surface area (Å²) in [5.41, 5.74) is 2.62. The van der Waals surface area contributed by atoms with Crippen LogP contribution in [0.15, 0.2) is 27.6 Å². The molecule has 0 spiro atoms. The molecular weight excluding hydrogens is 537 g/mol. The molecule has 0 radical (unpaired) electrons. The van der Waals surface area contributed by atoms with Crippen molar-refractivity contribution < 1.29 is 31.2 Å². The maximum absolute atomic E-state index is 13.3. The summed E-state index contributed by atoms with van der Waals surface area (Å²) in [6.07, 6.45) is -0.547. The van der Waals surface area contributed by atoms with Gasteiger partial charge in [0.15, 0.2) is 5.78 Å². The summed E-state index contributed by atoms with van der Waals surface area (Å²) in [6, 6.07) is 2.36. The van der Waals surface area contributed by atoms with Crippen molar-refractivity contribution in [3.05, 3.63) is 28.2 Å². The fourth-order valence-corrected chi connectivity index (χ4v) is 8.96. The molecule has 3 N–H and O–H groups in total. The van der Waals surface area contributed by atoms with Gasteiger partial charge in [0.05, 0.1) is 16.0 Å². The number of hydrogen-bond acceptors (Lipinski definition) is 4. The van der Waals surface area contributed by atoms with Gasteiger partial charge in [-0.15, -0.1) is 0 Å². The van der Waals surface area contributed by atoms with Crippen LogP contribution < -0.4 is 10.5 Å². The highest BCUT2D eigenvalue weighted by Crippen LogP contribution is 2.62. The van der Waals surface area contributed by atoms with E-state index in [0.717, 1.165) is 31.4 Å². The lowest BCUT2D eigenvalue weighted by Gasteiger charge is -2.59. The van der Waals surface area contributed by atoms with Crippen molar-refractivity contribution in [2.24, 2.45) is 34.8 Å². The second kappa shape index (κ2) is 8.30. The number of hydrogen-bond donors (Lipinski definition) is 2. The zero-order chi connectivity index (χ0) is 25.3. The molecule has 11 heteroatoms. The minimum Gasteiger partial charge on any atom is -0.369 e. The number of rotatable bonds is 7. The first-order valence-electron chi connectivity index (χ1n) is 11.3. The van der Waals surface area contributed by atoms with E-state index < -0.39 is 37.6 Å². The third kappa shape index (κ3) is 4.55. The van der Waals surface area contributed by atoms with E-state index in [1.54, 1.807) is 0 Å². The van der Waals surface area contributed by atoms with Crippen LogP contribution in [0.25, 0.3) is 0 Å². The van der Waals surface area contributed by atoms with Crippen LogP contribution in [0.4, 0.5) is 13.2 Å². The molecule has 4 aliphatic rings. The number of alkyl halides is 3. The summed E-state index contributed by atoms with van der Waals surface area (Å²) in [6.45, 7) is 2.85. The number of primary amides is 1. The van der Waals surface area contributed by atoms with Crippen molar-refractivity contribution in [3.8, 4) is 0 Å². The van der Waals surface area contributed by atoms with E-state index in [-0.39, 0.29) is 40.3 Å². The number of Topliss-reactive ketones (excluding diaryl/α,β-unsaturated/α-hetero) is 1. The minimum absolute atomic E-state index is 0.0333. The number of carbonyl (C=O) groups is 2. The Balaban J connectivity index is 1.51. The van der Waals surface area contributed by atoms with Crippen LogP contribution in [0.3, 0.4) is 0 Å². The van der Waals surface area contributed by atoms with Gasteiger partial charge in [0, 0.05) is 16.3 Å². The zero-order valence-electron chi connectivity index (χ0n) is 18.9. The molecule has 4 aliphatic carbocycles. The van der Waals surface area contributed by atoms with Gasteiger partial charge in [-0.1, -0.05) is 0 Å². The lowest BCUT2D eigenvalue weighted by atomic mass is 9.45. The molecule has 4 fully saturated rings. The average Bonchev–Trinajstić information content (AvgIpc) is 2.68. The van der Waals surface area contributed by atoms with Gasteiger partial charge < -0.3 is 5.73 Å².